The van der Waals surface area contributed by atoms with E-state index >= 15 is 0 Å². The van der Waals surface area contributed by atoms with E-state index in [1.54, 1.807) is 0 Å². The Balaban J connectivity index is 4.69. The molecule has 0 amide bonds. The van der Waals surface area contributed by atoms with Gasteiger partial charge in [-0.05, 0) is 38.5 Å². The summed E-state index contributed by atoms with van der Waals surface area (Å²) in [6.45, 7) is 14.0. The summed E-state index contributed by atoms with van der Waals surface area (Å²) in [5.74, 6) is -0.532. The van der Waals surface area contributed by atoms with Crippen LogP contribution in [0.15, 0.2) is 0 Å². The van der Waals surface area contributed by atoms with Crippen LogP contribution >= 0.6 is 0 Å². The first-order chi connectivity index (χ1) is 17.9. The molecule has 38 heavy (non-hydrogen) atoms. The zero-order chi connectivity index (χ0) is 28.8. The molecule has 0 rings (SSSR count). The largest absolute Gasteiger partial charge is 0.379 e. The van der Waals surface area contributed by atoms with Crippen LogP contribution in [0.3, 0.4) is 0 Å². The number of hydrogen-bond acceptors (Lipinski definition) is 8. The highest BCUT2D eigenvalue weighted by atomic mass is 32.2. The molecule has 0 saturated heterocycles. The van der Waals surface area contributed by atoms with Gasteiger partial charge >= 0.3 is 0 Å². The van der Waals surface area contributed by atoms with Crippen molar-refractivity contribution in [3.8, 4) is 0 Å². The van der Waals surface area contributed by atoms with Gasteiger partial charge in [-0.1, -0.05) is 26.1 Å². The Morgan fingerprint density at radius 1 is 0.579 bits per heavy atom. The minimum Gasteiger partial charge on any atom is -0.379 e. The highest BCUT2D eigenvalue weighted by Crippen LogP contribution is 2.16. The highest BCUT2D eigenvalue weighted by molar-refractivity contribution is 7.86. The van der Waals surface area contributed by atoms with Crippen LogP contribution in [0.2, 0.25) is 19.1 Å². The van der Waals surface area contributed by atoms with Crippen molar-refractivity contribution in [1.29, 1.82) is 0 Å². The summed E-state index contributed by atoms with van der Waals surface area (Å²) in [5, 5.41) is 0. The van der Waals surface area contributed by atoms with Crippen molar-refractivity contribution in [3.63, 3.8) is 0 Å². The lowest BCUT2D eigenvalue weighted by Gasteiger charge is -2.39. The molecule has 0 bridgehead atoms. The third-order valence-electron chi connectivity index (χ3n) is 6.16. The van der Waals surface area contributed by atoms with Gasteiger partial charge in [-0.25, -0.2) is 0 Å². The molecule has 14 heteroatoms. The molecule has 0 aromatic heterocycles. The van der Waals surface area contributed by atoms with E-state index in [2.05, 4.69) is 20.0 Å². The smallest absolute Gasteiger partial charge is 0.264 e. The zero-order valence-electron chi connectivity index (χ0n) is 23.9. The predicted octanol–water partition coefficient (Wildman–Crippen LogP) is 2.49. The summed E-state index contributed by atoms with van der Waals surface area (Å²) < 4.78 is 85.6. The van der Waals surface area contributed by atoms with Crippen molar-refractivity contribution in [2.75, 3.05) is 90.5 Å². The van der Waals surface area contributed by atoms with Gasteiger partial charge in [-0.3, -0.25) is 9.11 Å². The normalized spacial score (nSPS) is 13.0. The van der Waals surface area contributed by atoms with E-state index in [-0.39, 0.29) is 11.5 Å². The quantitative estimate of drug-likeness (QED) is 0.0588. The Morgan fingerprint density at radius 3 is 1.37 bits per heavy atom. The van der Waals surface area contributed by atoms with Gasteiger partial charge < -0.3 is 23.4 Å². The minimum absolute atomic E-state index is 0.266. The maximum absolute atomic E-state index is 11.1. The van der Waals surface area contributed by atoms with Crippen molar-refractivity contribution in [3.05, 3.63) is 0 Å². The van der Waals surface area contributed by atoms with Gasteiger partial charge in [0, 0.05) is 15.4 Å². The van der Waals surface area contributed by atoms with Crippen LogP contribution in [-0.2, 0) is 39.2 Å². The lowest BCUT2D eigenvalue weighted by atomic mass is 10.2. The topological polar surface area (TPSA) is 146 Å². The first-order valence-electron chi connectivity index (χ1n) is 14.0. The van der Waals surface area contributed by atoms with Gasteiger partial charge in [-0.15, -0.1) is 0 Å². The second kappa shape index (κ2) is 22.5. The van der Waals surface area contributed by atoms with Crippen molar-refractivity contribution in [1.82, 2.24) is 0 Å². The molecule has 0 aliphatic heterocycles. The SMILES string of the molecule is CCCOCCOCCOCCOCC[N+](CCCCS(=O)(=O)O)(CCCCS(=O)(=O)O)CCC[SiH](C)C. The first kappa shape index (κ1) is 37.8. The van der Waals surface area contributed by atoms with E-state index in [4.69, 9.17) is 28.1 Å². The molecule has 0 aromatic rings. The molecule has 11 nitrogen and oxygen atoms in total. The molecule has 0 saturated carbocycles. The van der Waals surface area contributed by atoms with E-state index in [0.29, 0.717) is 76.4 Å². The van der Waals surface area contributed by atoms with Gasteiger partial charge in [-0.2, -0.15) is 16.8 Å². The van der Waals surface area contributed by atoms with Crippen LogP contribution in [0.1, 0.15) is 45.4 Å². The van der Waals surface area contributed by atoms with E-state index in [1.165, 1.54) is 6.04 Å². The van der Waals surface area contributed by atoms with Gasteiger partial charge in [0.05, 0.1) is 77.4 Å². The summed E-state index contributed by atoms with van der Waals surface area (Å²) in [6, 6.07) is 1.19. The third kappa shape index (κ3) is 26.1. The number of quaternary nitrogens is 1. The third-order valence-corrected chi connectivity index (χ3v) is 9.33. The average Bonchev–Trinajstić information content (AvgIpc) is 2.81. The first-order valence-corrected chi connectivity index (χ1v) is 20.3. The van der Waals surface area contributed by atoms with E-state index < -0.39 is 29.0 Å². The molecule has 0 fully saturated rings. The molecule has 0 aliphatic rings. The fourth-order valence-electron chi connectivity index (χ4n) is 4.13. The standard InChI is InChI=1S/C24H53NO10S2Si/c1-4-14-32-16-18-34-20-21-35-19-17-33-15-13-25(12-9-24-38(2)3,10-5-7-22-36(26,27)28)11-6-8-23-37(29,30)31/h38H,4-24H2,1-3H3,(H-,26,27,28,29,30,31)/p+1. The van der Waals surface area contributed by atoms with Crippen LogP contribution in [0.5, 0.6) is 0 Å². The van der Waals surface area contributed by atoms with Crippen LogP contribution in [0.25, 0.3) is 0 Å². The lowest BCUT2D eigenvalue weighted by Crippen LogP contribution is -2.52. The number of ether oxygens (including phenoxy) is 4. The summed E-state index contributed by atoms with van der Waals surface area (Å²) in [5.41, 5.74) is 0. The second-order valence-corrected chi connectivity index (χ2v) is 16.7. The van der Waals surface area contributed by atoms with Crippen LogP contribution in [0, 0.1) is 0 Å². The van der Waals surface area contributed by atoms with Gasteiger partial charge in [0.2, 0.25) is 0 Å². The van der Waals surface area contributed by atoms with Crippen LogP contribution in [0.4, 0.5) is 0 Å². The highest BCUT2D eigenvalue weighted by Gasteiger charge is 2.27. The van der Waals surface area contributed by atoms with E-state index in [0.717, 1.165) is 45.6 Å². The summed E-state index contributed by atoms with van der Waals surface area (Å²) in [4.78, 5) is 0. The molecule has 0 atom stereocenters. The Morgan fingerprint density at radius 2 is 0.974 bits per heavy atom. The fourth-order valence-corrected chi connectivity index (χ4v) is 6.27. The predicted molar refractivity (Wildman–Crippen MR) is 153 cm³/mol. The molecule has 2 N–H and O–H groups in total. The molecule has 0 unspecified atom stereocenters. The lowest BCUT2D eigenvalue weighted by molar-refractivity contribution is -0.929. The molecule has 0 radical (unpaired) electrons. The fraction of sp³-hybridized carbons (Fsp3) is 1.00. The number of unbranched alkanes of at least 4 members (excludes halogenated alkanes) is 2. The monoisotopic (exact) mass is 608 g/mol. The average molecular weight is 609 g/mol. The molecule has 0 spiro atoms. The Hall–Kier alpha value is -0.163. The summed E-state index contributed by atoms with van der Waals surface area (Å²) >= 11 is 0. The van der Waals surface area contributed by atoms with E-state index in [9.17, 15) is 16.8 Å². The Kier molecular flexibility index (Phi) is 22.4. The number of nitrogens with zero attached hydrogens (tertiary/aromatic N) is 1. The summed E-state index contributed by atoms with van der Waals surface area (Å²) in [7, 11) is -8.73. The number of hydrogen-bond donors (Lipinski definition) is 2. The van der Waals surface area contributed by atoms with E-state index in [1.807, 2.05) is 0 Å². The van der Waals surface area contributed by atoms with Gasteiger partial charge in [0.15, 0.2) is 0 Å². The van der Waals surface area contributed by atoms with Crippen molar-refractivity contribution < 1.29 is 49.4 Å². The minimum atomic E-state index is -4.00. The maximum Gasteiger partial charge on any atom is 0.264 e. The number of rotatable bonds is 28. The Bertz CT molecular complexity index is 726. The summed E-state index contributed by atoms with van der Waals surface area (Å²) in [6.07, 6.45) is 4.03. The molecule has 230 valence electrons. The van der Waals surface area contributed by atoms with Crippen molar-refractivity contribution >= 4 is 29.0 Å². The van der Waals surface area contributed by atoms with Gasteiger partial charge in [0.1, 0.15) is 6.54 Å². The molecule has 0 aliphatic carbocycles. The zero-order valence-corrected chi connectivity index (χ0v) is 26.6. The van der Waals surface area contributed by atoms with Crippen LogP contribution in [-0.4, -0.2) is 130 Å². The molecule has 0 aromatic carbocycles. The van der Waals surface area contributed by atoms with Crippen molar-refractivity contribution in [2.24, 2.45) is 0 Å². The molecular weight excluding hydrogens is 554 g/mol. The Labute approximate surface area is 233 Å². The van der Waals surface area contributed by atoms with Gasteiger partial charge in [0.25, 0.3) is 20.2 Å². The maximum atomic E-state index is 11.1. The molecule has 0 heterocycles. The van der Waals surface area contributed by atoms with Crippen molar-refractivity contribution in [2.45, 2.75) is 64.6 Å². The van der Waals surface area contributed by atoms with Crippen LogP contribution < -0.4 is 0 Å². The second-order valence-electron chi connectivity index (χ2n) is 10.2. The molecular formula is C24H54NO10S2Si+.